The third-order valence-corrected chi connectivity index (χ3v) is 7.40. The Labute approximate surface area is 228 Å². The predicted molar refractivity (Wildman–Crippen MR) is 152 cm³/mol. The summed E-state index contributed by atoms with van der Waals surface area (Å²) in [5, 5.41) is 0. The number of aliphatic imine (C=N–C) groups is 1. The van der Waals surface area contributed by atoms with Crippen molar-refractivity contribution in [2.75, 3.05) is 27.4 Å². The van der Waals surface area contributed by atoms with E-state index in [0.717, 1.165) is 42.0 Å². The number of ether oxygens (including phenoxy) is 4. The van der Waals surface area contributed by atoms with Gasteiger partial charge in [-0.2, -0.15) is 0 Å². The van der Waals surface area contributed by atoms with Crippen molar-refractivity contribution < 1.29 is 23.7 Å². The van der Waals surface area contributed by atoms with E-state index in [1.165, 1.54) is 5.56 Å². The van der Waals surface area contributed by atoms with Gasteiger partial charge in [0.2, 0.25) is 0 Å². The number of nitrogens with zero attached hydrogens (tertiary/aromatic N) is 1. The first-order valence-corrected chi connectivity index (χ1v) is 13.9. The lowest BCUT2D eigenvalue weighted by Gasteiger charge is -2.24. The maximum Gasteiger partial charge on any atom is 0.310 e. The van der Waals surface area contributed by atoms with Crippen molar-refractivity contribution in [2.24, 2.45) is 28.7 Å². The summed E-state index contributed by atoms with van der Waals surface area (Å²) in [5.41, 5.74) is 3.34. The third-order valence-electron chi connectivity index (χ3n) is 7.40. The standard InChI is InChI=1S/C32H45NO5/c1-22(2)26(17-25-13-14-29(36-6)31(18-25)37-16-10-15-35-5)19-28(33-21-24-11-8-7-9-12-24)30-20-27(23(3)4)32(34)38-30/h7-9,11-14,18,22-23,26-27,30H,10,15-17,19-21H2,1-6H3/t26-,27-,30-/m0/s1. The van der Waals surface area contributed by atoms with E-state index < -0.39 is 0 Å². The fourth-order valence-electron chi connectivity index (χ4n) is 4.89. The summed E-state index contributed by atoms with van der Waals surface area (Å²) in [7, 11) is 3.36. The molecule has 0 amide bonds. The van der Waals surface area contributed by atoms with Crippen LogP contribution in [0.25, 0.3) is 0 Å². The van der Waals surface area contributed by atoms with E-state index in [4.69, 9.17) is 23.9 Å². The van der Waals surface area contributed by atoms with Crippen LogP contribution in [0, 0.1) is 23.7 Å². The highest BCUT2D eigenvalue weighted by Crippen LogP contribution is 2.34. The van der Waals surface area contributed by atoms with Crippen molar-refractivity contribution in [1.82, 2.24) is 0 Å². The van der Waals surface area contributed by atoms with Gasteiger partial charge in [-0.3, -0.25) is 9.79 Å². The number of carbonyl (C=O) groups excluding carboxylic acids is 1. The molecule has 1 aliphatic rings. The number of hydrogen-bond acceptors (Lipinski definition) is 6. The Balaban J connectivity index is 1.80. The average Bonchev–Trinajstić information content (AvgIpc) is 3.30. The van der Waals surface area contributed by atoms with Crippen LogP contribution in [0.4, 0.5) is 0 Å². The van der Waals surface area contributed by atoms with Crippen molar-refractivity contribution in [3.63, 3.8) is 0 Å². The first kappa shape index (κ1) is 29.7. The molecule has 0 spiro atoms. The minimum atomic E-state index is -0.254. The fraction of sp³-hybridized carbons (Fsp3) is 0.562. The molecule has 0 radical (unpaired) electrons. The highest BCUT2D eigenvalue weighted by molar-refractivity contribution is 5.93. The van der Waals surface area contributed by atoms with E-state index in [2.05, 4.69) is 52.0 Å². The summed E-state index contributed by atoms with van der Waals surface area (Å²) in [6, 6.07) is 16.4. The van der Waals surface area contributed by atoms with Crippen molar-refractivity contribution in [3.8, 4) is 11.5 Å². The molecule has 2 aromatic carbocycles. The van der Waals surface area contributed by atoms with Crippen LogP contribution in [0.5, 0.6) is 11.5 Å². The predicted octanol–water partition coefficient (Wildman–Crippen LogP) is 6.54. The van der Waals surface area contributed by atoms with Gasteiger partial charge in [-0.15, -0.1) is 0 Å². The van der Waals surface area contributed by atoms with Crippen LogP contribution in [0.1, 0.15) is 58.1 Å². The van der Waals surface area contributed by atoms with E-state index >= 15 is 0 Å². The van der Waals surface area contributed by atoms with Crippen LogP contribution in [-0.2, 0) is 27.2 Å². The van der Waals surface area contributed by atoms with E-state index in [9.17, 15) is 4.79 Å². The number of methoxy groups -OCH3 is 2. The Morgan fingerprint density at radius 1 is 1.00 bits per heavy atom. The third kappa shape index (κ3) is 8.59. The van der Waals surface area contributed by atoms with Gasteiger partial charge in [-0.05, 0) is 53.9 Å². The second kappa shape index (κ2) is 14.9. The van der Waals surface area contributed by atoms with Crippen molar-refractivity contribution in [3.05, 3.63) is 59.7 Å². The van der Waals surface area contributed by atoms with Crippen LogP contribution in [0.3, 0.4) is 0 Å². The quantitative estimate of drug-likeness (QED) is 0.151. The highest BCUT2D eigenvalue weighted by Gasteiger charge is 2.39. The number of hydrogen-bond donors (Lipinski definition) is 0. The molecular formula is C32H45NO5. The largest absolute Gasteiger partial charge is 0.493 e. The van der Waals surface area contributed by atoms with E-state index in [-0.39, 0.29) is 23.9 Å². The molecule has 0 unspecified atom stereocenters. The Bertz CT molecular complexity index is 1030. The summed E-state index contributed by atoms with van der Waals surface area (Å²) in [6.07, 6.45) is 2.92. The number of esters is 1. The van der Waals surface area contributed by atoms with Gasteiger partial charge in [0.05, 0.1) is 31.9 Å². The lowest BCUT2D eigenvalue weighted by atomic mass is 9.82. The molecule has 3 atom stereocenters. The average molecular weight is 524 g/mol. The second-order valence-corrected chi connectivity index (χ2v) is 10.9. The molecule has 0 aromatic heterocycles. The van der Waals surface area contributed by atoms with E-state index in [1.54, 1.807) is 14.2 Å². The Morgan fingerprint density at radius 3 is 2.39 bits per heavy atom. The molecule has 6 nitrogen and oxygen atoms in total. The number of rotatable bonds is 15. The summed E-state index contributed by atoms with van der Waals surface area (Å²) in [5.74, 6) is 2.33. The lowest BCUT2D eigenvalue weighted by Crippen LogP contribution is -2.26. The summed E-state index contributed by atoms with van der Waals surface area (Å²) in [4.78, 5) is 17.7. The van der Waals surface area contributed by atoms with Crippen LogP contribution in [0.15, 0.2) is 53.5 Å². The van der Waals surface area contributed by atoms with Crippen molar-refractivity contribution in [2.45, 2.75) is 66.0 Å². The molecule has 38 heavy (non-hydrogen) atoms. The molecule has 3 rings (SSSR count). The van der Waals surface area contributed by atoms with Gasteiger partial charge in [-0.1, -0.05) is 64.1 Å². The fourth-order valence-corrected chi connectivity index (χ4v) is 4.89. The zero-order valence-corrected chi connectivity index (χ0v) is 23.9. The topological polar surface area (TPSA) is 66.4 Å². The monoisotopic (exact) mass is 523 g/mol. The van der Waals surface area contributed by atoms with Gasteiger partial charge >= 0.3 is 5.97 Å². The second-order valence-electron chi connectivity index (χ2n) is 10.9. The zero-order valence-electron chi connectivity index (χ0n) is 23.9. The van der Waals surface area contributed by atoms with Crippen molar-refractivity contribution in [1.29, 1.82) is 0 Å². The van der Waals surface area contributed by atoms with Gasteiger partial charge < -0.3 is 18.9 Å². The molecule has 0 N–H and O–H groups in total. The maximum absolute atomic E-state index is 12.6. The molecule has 2 aromatic rings. The maximum atomic E-state index is 12.6. The van der Waals surface area contributed by atoms with E-state index in [1.807, 2.05) is 24.3 Å². The van der Waals surface area contributed by atoms with E-state index in [0.29, 0.717) is 38.0 Å². The smallest absolute Gasteiger partial charge is 0.310 e. The van der Waals surface area contributed by atoms with Crippen LogP contribution >= 0.6 is 0 Å². The Morgan fingerprint density at radius 2 is 1.76 bits per heavy atom. The summed E-state index contributed by atoms with van der Waals surface area (Å²) in [6.45, 7) is 10.5. The first-order valence-electron chi connectivity index (χ1n) is 13.9. The van der Waals surface area contributed by atoms with Crippen LogP contribution in [-0.4, -0.2) is 45.2 Å². The molecule has 0 bridgehead atoms. The normalized spacial score (nSPS) is 18.6. The molecule has 1 saturated heterocycles. The van der Waals surface area contributed by atoms with Gasteiger partial charge in [-0.25, -0.2) is 0 Å². The minimum absolute atomic E-state index is 0.0705. The lowest BCUT2D eigenvalue weighted by molar-refractivity contribution is -0.143. The SMILES string of the molecule is COCCCOc1cc(C[C@@H](CC(=NCc2ccccc2)[C@@H]2C[C@@H](C(C)C)C(=O)O2)C(C)C)ccc1OC. The number of cyclic esters (lactones) is 1. The van der Waals surface area contributed by atoms with Crippen molar-refractivity contribution >= 4 is 11.7 Å². The molecule has 6 heteroatoms. The van der Waals surface area contributed by atoms with Gasteiger partial charge in [0.25, 0.3) is 0 Å². The highest BCUT2D eigenvalue weighted by atomic mass is 16.6. The summed E-state index contributed by atoms with van der Waals surface area (Å²) < 4.78 is 22.6. The zero-order chi connectivity index (χ0) is 27.5. The molecule has 0 saturated carbocycles. The van der Waals surface area contributed by atoms with Crippen LogP contribution in [0.2, 0.25) is 0 Å². The van der Waals surface area contributed by atoms with Gasteiger partial charge in [0.1, 0.15) is 6.10 Å². The Hall–Kier alpha value is -2.86. The number of benzene rings is 2. The summed E-state index contributed by atoms with van der Waals surface area (Å²) >= 11 is 0. The molecule has 1 aliphatic heterocycles. The van der Waals surface area contributed by atoms with Gasteiger partial charge in [0.15, 0.2) is 11.5 Å². The minimum Gasteiger partial charge on any atom is -0.493 e. The molecule has 208 valence electrons. The van der Waals surface area contributed by atoms with Crippen LogP contribution < -0.4 is 9.47 Å². The first-order chi connectivity index (χ1) is 18.3. The molecular weight excluding hydrogens is 478 g/mol. The molecule has 0 aliphatic carbocycles. The Kier molecular flexibility index (Phi) is 11.7. The number of carbonyl (C=O) groups is 1. The molecule has 1 heterocycles. The van der Waals surface area contributed by atoms with Gasteiger partial charge in [0, 0.05) is 26.6 Å². The molecule has 1 fully saturated rings.